The van der Waals surface area contributed by atoms with Gasteiger partial charge in [-0.15, -0.1) is 0 Å². The number of amides is 2. The molecule has 4 aliphatic rings. The van der Waals surface area contributed by atoms with E-state index in [9.17, 15) is 9.59 Å². The van der Waals surface area contributed by atoms with Gasteiger partial charge in [-0.05, 0) is 69.2 Å². The van der Waals surface area contributed by atoms with E-state index in [1.165, 1.54) is 25.7 Å². The molecule has 2 amide bonds. The van der Waals surface area contributed by atoms with Crippen LogP contribution in [-0.2, 0) is 9.59 Å². The maximum atomic E-state index is 12.7. The Morgan fingerprint density at radius 3 is 2.38 bits per heavy atom. The number of primary amides is 1. The van der Waals surface area contributed by atoms with E-state index in [0.717, 1.165) is 63.6 Å². The number of fused-ring (bicyclic) bond motifs is 2. The lowest BCUT2D eigenvalue weighted by atomic mass is 9.86. The largest absolute Gasteiger partial charge is 0.368 e. The van der Waals surface area contributed by atoms with E-state index in [-0.39, 0.29) is 11.9 Å². The van der Waals surface area contributed by atoms with Gasteiger partial charge in [0.15, 0.2) is 0 Å². The molecule has 2 heterocycles. The minimum absolute atomic E-state index is 0.0775. The number of rotatable bonds is 4. The molecule has 2 saturated carbocycles. The summed E-state index contributed by atoms with van der Waals surface area (Å²) < 4.78 is 0. The van der Waals surface area contributed by atoms with Crippen LogP contribution in [0.3, 0.4) is 0 Å². The average Bonchev–Trinajstić information content (AvgIpc) is 3.31. The lowest BCUT2D eigenvalue weighted by molar-refractivity contribution is -0.135. The zero-order valence-electron chi connectivity index (χ0n) is 14.7. The van der Waals surface area contributed by atoms with Crippen LogP contribution in [0.15, 0.2) is 0 Å². The molecule has 4 rings (SSSR count). The molecule has 0 aromatic carbocycles. The summed E-state index contributed by atoms with van der Waals surface area (Å²) in [5.74, 6) is 2.60. The van der Waals surface area contributed by atoms with Gasteiger partial charge in [0, 0.05) is 25.6 Å². The van der Waals surface area contributed by atoms with Crippen LogP contribution in [0.4, 0.5) is 0 Å². The van der Waals surface area contributed by atoms with E-state index < -0.39 is 0 Å². The molecule has 4 atom stereocenters. The molecule has 2 N–H and O–H groups in total. The molecule has 134 valence electrons. The van der Waals surface area contributed by atoms with Gasteiger partial charge in [0.05, 0.1) is 6.04 Å². The number of carbonyl (C=O) groups excluding carboxylic acids is 2. The summed E-state index contributed by atoms with van der Waals surface area (Å²) in [5, 5.41) is 0. The molecular weight excluding hydrogens is 302 g/mol. The van der Waals surface area contributed by atoms with E-state index in [0.29, 0.717) is 17.9 Å². The molecule has 2 saturated heterocycles. The third-order valence-electron chi connectivity index (χ3n) is 7.23. The van der Waals surface area contributed by atoms with Crippen molar-refractivity contribution < 1.29 is 9.59 Å². The first-order valence-electron chi connectivity index (χ1n) is 9.94. The van der Waals surface area contributed by atoms with Crippen molar-refractivity contribution in [3.05, 3.63) is 0 Å². The van der Waals surface area contributed by atoms with Crippen LogP contribution in [0.5, 0.6) is 0 Å². The smallest absolute Gasteiger partial charge is 0.234 e. The van der Waals surface area contributed by atoms with Crippen LogP contribution in [0, 0.1) is 17.8 Å². The minimum atomic E-state index is -0.178. The molecule has 4 fully saturated rings. The summed E-state index contributed by atoms with van der Waals surface area (Å²) in [6, 6.07) is 0.350. The third-order valence-corrected chi connectivity index (χ3v) is 7.23. The minimum Gasteiger partial charge on any atom is -0.368 e. The lowest BCUT2D eigenvalue weighted by Crippen LogP contribution is -2.51. The summed E-state index contributed by atoms with van der Waals surface area (Å²) in [7, 11) is 0. The number of carbonyl (C=O) groups is 2. The van der Waals surface area contributed by atoms with Crippen molar-refractivity contribution in [3.63, 3.8) is 0 Å². The zero-order chi connectivity index (χ0) is 16.7. The number of nitrogens with zero attached hydrogens (tertiary/aromatic N) is 2. The van der Waals surface area contributed by atoms with Crippen molar-refractivity contribution in [2.24, 2.45) is 23.5 Å². The van der Waals surface area contributed by atoms with Crippen LogP contribution in [0.1, 0.15) is 57.8 Å². The molecule has 0 aromatic rings. The number of nitrogens with two attached hydrogens (primary N) is 1. The number of piperidine rings is 1. The first-order chi connectivity index (χ1) is 11.6. The molecule has 5 nitrogen and oxygen atoms in total. The van der Waals surface area contributed by atoms with Crippen molar-refractivity contribution in [2.45, 2.75) is 69.9 Å². The molecule has 24 heavy (non-hydrogen) atoms. The van der Waals surface area contributed by atoms with Crippen molar-refractivity contribution in [1.29, 1.82) is 0 Å². The van der Waals surface area contributed by atoms with Gasteiger partial charge >= 0.3 is 0 Å². The molecule has 2 bridgehead atoms. The molecule has 0 radical (unpaired) electrons. The third kappa shape index (κ3) is 3.07. The molecule has 0 unspecified atom stereocenters. The Bertz CT molecular complexity index is 501. The molecular formula is C19H31N3O2. The second-order valence-electron chi connectivity index (χ2n) is 8.55. The molecule has 0 spiro atoms. The van der Waals surface area contributed by atoms with Gasteiger partial charge in [-0.3, -0.25) is 14.5 Å². The molecule has 0 aromatic heterocycles. The van der Waals surface area contributed by atoms with E-state index in [4.69, 9.17) is 5.73 Å². The van der Waals surface area contributed by atoms with Crippen LogP contribution in [0.2, 0.25) is 0 Å². The average molecular weight is 333 g/mol. The van der Waals surface area contributed by atoms with Crippen LogP contribution in [-0.4, -0.2) is 53.3 Å². The highest BCUT2D eigenvalue weighted by Gasteiger charge is 2.41. The second-order valence-corrected chi connectivity index (χ2v) is 8.55. The van der Waals surface area contributed by atoms with Gasteiger partial charge < -0.3 is 10.6 Å². The number of likely N-dealkylation sites (tertiary alicyclic amines) is 2. The summed E-state index contributed by atoms with van der Waals surface area (Å²) in [5.41, 5.74) is 5.55. The highest BCUT2D eigenvalue weighted by molar-refractivity contribution is 5.80. The summed E-state index contributed by atoms with van der Waals surface area (Å²) in [4.78, 5) is 28.7. The van der Waals surface area contributed by atoms with Crippen molar-refractivity contribution in [3.8, 4) is 0 Å². The van der Waals surface area contributed by atoms with Gasteiger partial charge in [-0.1, -0.05) is 6.42 Å². The van der Waals surface area contributed by atoms with E-state index >= 15 is 0 Å². The number of hydrogen-bond donors (Lipinski definition) is 1. The van der Waals surface area contributed by atoms with Gasteiger partial charge in [0.2, 0.25) is 11.8 Å². The highest BCUT2D eigenvalue weighted by atomic mass is 16.2. The Morgan fingerprint density at radius 1 is 0.958 bits per heavy atom. The maximum Gasteiger partial charge on any atom is 0.234 e. The highest BCUT2D eigenvalue weighted by Crippen LogP contribution is 2.49. The SMILES string of the molecule is NC(=O)[C@H]1CCCN1C1CCN(C(=O)C[C@H]2C[C@H]3CC[C@H]2C3)CC1. The first-order valence-corrected chi connectivity index (χ1v) is 9.94. The van der Waals surface area contributed by atoms with Crippen LogP contribution >= 0.6 is 0 Å². The fraction of sp³-hybridized carbons (Fsp3) is 0.895. The monoisotopic (exact) mass is 333 g/mol. The fourth-order valence-corrected chi connectivity index (χ4v) is 5.96. The van der Waals surface area contributed by atoms with Crippen LogP contribution in [0.25, 0.3) is 0 Å². The van der Waals surface area contributed by atoms with Crippen molar-refractivity contribution >= 4 is 11.8 Å². The second kappa shape index (κ2) is 6.66. The Kier molecular flexibility index (Phi) is 4.54. The predicted molar refractivity (Wildman–Crippen MR) is 92.1 cm³/mol. The lowest BCUT2D eigenvalue weighted by Gasteiger charge is -2.39. The van der Waals surface area contributed by atoms with Gasteiger partial charge in [0.25, 0.3) is 0 Å². The topological polar surface area (TPSA) is 66.6 Å². The van der Waals surface area contributed by atoms with E-state index in [2.05, 4.69) is 9.80 Å². The molecule has 2 aliphatic carbocycles. The Hall–Kier alpha value is -1.10. The van der Waals surface area contributed by atoms with Gasteiger partial charge in [0.1, 0.15) is 0 Å². The van der Waals surface area contributed by atoms with E-state index in [1.807, 2.05) is 0 Å². The quantitative estimate of drug-likeness (QED) is 0.852. The Balaban J connectivity index is 1.27. The summed E-state index contributed by atoms with van der Waals surface area (Å²) in [6.45, 7) is 2.69. The normalized spacial score (nSPS) is 37.2. The first kappa shape index (κ1) is 16.4. The summed E-state index contributed by atoms with van der Waals surface area (Å²) in [6.07, 6.45) is 10.2. The predicted octanol–water partition coefficient (Wildman–Crippen LogP) is 1.75. The Labute approximate surface area is 144 Å². The maximum absolute atomic E-state index is 12.7. The van der Waals surface area contributed by atoms with Crippen LogP contribution < -0.4 is 5.73 Å². The molecule has 2 aliphatic heterocycles. The van der Waals surface area contributed by atoms with Gasteiger partial charge in [-0.25, -0.2) is 0 Å². The van der Waals surface area contributed by atoms with E-state index in [1.54, 1.807) is 0 Å². The fourth-order valence-electron chi connectivity index (χ4n) is 5.96. The summed E-state index contributed by atoms with van der Waals surface area (Å²) >= 11 is 0. The van der Waals surface area contributed by atoms with Gasteiger partial charge in [-0.2, -0.15) is 0 Å². The van der Waals surface area contributed by atoms with Crippen molar-refractivity contribution in [2.75, 3.05) is 19.6 Å². The van der Waals surface area contributed by atoms with Crippen molar-refractivity contribution in [1.82, 2.24) is 9.80 Å². The number of hydrogen-bond acceptors (Lipinski definition) is 3. The standard InChI is InChI=1S/C19H31N3O2/c20-19(24)17-2-1-7-22(17)16-5-8-21(9-6-16)18(23)12-15-11-13-3-4-14(15)10-13/h13-17H,1-12H2,(H2,20,24)/t13-,14-,15+,17+/m0/s1. The molecule has 5 heteroatoms. The zero-order valence-corrected chi connectivity index (χ0v) is 14.7. The Morgan fingerprint density at radius 2 is 1.75 bits per heavy atom.